The highest BCUT2D eigenvalue weighted by atomic mass is 32.2. The Morgan fingerprint density at radius 1 is 1.15 bits per heavy atom. The smallest absolute Gasteiger partial charge is 0.258 e. The van der Waals surface area contributed by atoms with E-state index in [1.807, 2.05) is 6.07 Å². The van der Waals surface area contributed by atoms with Crippen molar-refractivity contribution in [3.8, 4) is 17.3 Å². The van der Waals surface area contributed by atoms with Crippen molar-refractivity contribution in [2.45, 2.75) is 4.90 Å². The molecule has 3 rings (SSSR count). The Morgan fingerprint density at radius 3 is 2.50 bits per heavy atom. The highest BCUT2D eigenvalue weighted by molar-refractivity contribution is 7.90. The second-order valence-electron chi connectivity index (χ2n) is 5.45. The summed E-state index contributed by atoms with van der Waals surface area (Å²) in [6.07, 6.45) is 1.06. The Kier molecular flexibility index (Phi) is 4.84. The van der Waals surface area contributed by atoms with Gasteiger partial charge >= 0.3 is 0 Å². The van der Waals surface area contributed by atoms with E-state index in [1.165, 1.54) is 23.5 Å². The summed E-state index contributed by atoms with van der Waals surface area (Å²) in [5, 5.41) is 13.6. The van der Waals surface area contributed by atoms with Crippen molar-refractivity contribution in [1.82, 2.24) is 4.98 Å². The van der Waals surface area contributed by atoms with Gasteiger partial charge in [-0.15, -0.1) is 11.3 Å². The molecule has 8 heteroatoms. The Balaban J connectivity index is 1.84. The van der Waals surface area contributed by atoms with Crippen LogP contribution >= 0.6 is 11.3 Å². The first-order valence-electron chi connectivity index (χ1n) is 7.45. The minimum atomic E-state index is -3.52. The van der Waals surface area contributed by atoms with Crippen molar-refractivity contribution in [2.75, 3.05) is 11.6 Å². The maximum absolute atomic E-state index is 12.5. The Bertz CT molecular complexity index is 1110. The Hall–Kier alpha value is -3.02. The van der Waals surface area contributed by atoms with Crippen LogP contribution in [0.25, 0.3) is 11.3 Å². The third-order valence-electron chi connectivity index (χ3n) is 3.57. The first-order valence-corrected chi connectivity index (χ1v) is 10.2. The lowest BCUT2D eigenvalue weighted by molar-refractivity contribution is 0.102. The lowest BCUT2D eigenvalue weighted by Crippen LogP contribution is -2.15. The number of sulfone groups is 1. The molecule has 0 saturated carbocycles. The van der Waals surface area contributed by atoms with E-state index in [-0.39, 0.29) is 10.5 Å². The number of nitriles is 1. The molecule has 0 spiro atoms. The van der Waals surface area contributed by atoms with Gasteiger partial charge in [-0.05, 0) is 24.3 Å². The summed E-state index contributed by atoms with van der Waals surface area (Å²) in [7, 11) is -3.52. The highest BCUT2D eigenvalue weighted by Gasteiger charge is 2.19. The van der Waals surface area contributed by atoms with Crippen LogP contribution in [0.2, 0.25) is 0 Å². The molecule has 0 aliphatic carbocycles. The molecule has 26 heavy (non-hydrogen) atoms. The highest BCUT2D eigenvalue weighted by Crippen LogP contribution is 2.26. The third-order valence-corrected chi connectivity index (χ3v) is 5.48. The molecule has 1 heterocycles. The number of nitrogens with one attached hydrogen (secondary N) is 1. The van der Waals surface area contributed by atoms with Gasteiger partial charge in [0.25, 0.3) is 5.91 Å². The largest absolute Gasteiger partial charge is 0.298 e. The van der Waals surface area contributed by atoms with Crippen LogP contribution in [0, 0.1) is 11.3 Å². The monoisotopic (exact) mass is 383 g/mol. The summed E-state index contributed by atoms with van der Waals surface area (Å²) in [6.45, 7) is 0. The van der Waals surface area contributed by atoms with Gasteiger partial charge in [0.15, 0.2) is 15.0 Å². The molecule has 0 bridgehead atoms. The summed E-state index contributed by atoms with van der Waals surface area (Å²) < 4.78 is 23.7. The lowest BCUT2D eigenvalue weighted by atomic mass is 10.1. The number of hydrogen-bond acceptors (Lipinski definition) is 6. The van der Waals surface area contributed by atoms with E-state index >= 15 is 0 Å². The topological polar surface area (TPSA) is 99.9 Å². The van der Waals surface area contributed by atoms with Gasteiger partial charge in [0.2, 0.25) is 0 Å². The maximum Gasteiger partial charge on any atom is 0.258 e. The molecule has 0 radical (unpaired) electrons. The van der Waals surface area contributed by atoms with Crippen molar-refractivity contribution >= 4 is 32.2 Å². The fraction of sp³-hybridized carbons (Fsp3) is 0.0556. The normalized spacial score (nSPS) is 10.9. The van der Waals surface area contributed by atoms with Gasteiger partial charge in [-0.3, -0.25) is 10.1 Å². The average molecular weight is 383 g/mol. The predicted octanol–water partition coefficient (Wildman–Crippen LogP) is 3.34. The zero-order valence-corrected chi connectivity index (χ0v) is 15.3. The van der Waals surface area contributed by atoms with Crippen LogP contribution in [0.15, 0.2) is 58.8 Å². The van der Waals surface area contributed by atoms with E-state index in [4.69, 9.17) is 5.26 Å². The number of amides is 1. The maximum atomic E-state index is 12.5. The lowest BCUT2D eigenvalue weighted by Gasteiger charge is -2.07. The molecule has 2 aromatic carbocycles. The summed E-state index contributed by atoms with van der Waals surface area (Å²) in [6, 6.07) is 15.0. The molecule has 6 nitrogen and oxygen atoms in total. The van der Waals surface area contributed by atoms with Crippen LogP contribution in [0.5, 0.6) is 0 Å². The number of benzene rings is 2. The van der Waals surface area contributed by atoms with Crippen molar-refractivity contribution < 1.29 is 13.2 Å². The molecule has 1 amide bonds. The first kappa shape index (κ1) is 17.8. The molecule has 130 valence electrons. The Morgan fingerprint density at radius 2 is 1.85 bits per heavy atom. The SMILES string of the molecule is CS(=O)(=O)c1ccccc1C(=O)Nc1nc(-c2ccc(C#N)cc2)cs1. The third kappa shape index (κ3) is 3.79. The number of aromatic nitrogens is 1. The number of hydrogen-bond donors (Lipinski definition) is 1. The summed E-state index contributed by atoms with van der Waals surface area (Å²) in [5.41, 5.74) is 2.10. The van der Waals surface area contributed by atoms with E-state index < -0.39 is 15.7 Å². The first-order chi connectivity index (χ1) is 12.4. The van der Waals surface area contributed by atoms with Crippen LogP contribution in [0.1, 0.15) is 15.9 Å². The van der Waals surface area contributed by atoms with Crippen molar-refractivity contribution in [1.29, 1.82) is 5.26 Å². The second kappa shape index (κ2) is 7.07. The van der Waals surface area contributed by atoms with E-state index in [0.29, 0.717) is 16.4 Å². The van der Waals surface area contributed by atoms with Gasteiger partial charge in [-0.2, -0.15) is 5.26 Å². The van der Waals surface area contributed by atoms with Gasteiger partial charge in [0, 0.05) is 17.2 Å². The number of carbonyl (C=O) groups is 1. The van der Waals surface area contributed by atoms with Crippen LogP contribution in [0.3, 0.4) is 0 Å². The number of nitrogens with zero attached hydrogens (tertiary/aromatic N) is 2. The standard InChI is InChI=1S/C18H13N3O3S2/c1-26(23,24)16-5-3-2-4-14(16)17(22)21-18-20-15(11-25-18)13-8-6-12(10-19)7-9-13/h2-9,11H,1H3,(H,20,21,22). The minimum absolute atomic E-state index is 0.0265. The fourth-order valence-corrected chi connectivity index (χ4v) is 3.92. The molecular weight excluding hydrogens is 370 g/mol. The van der Waals surface area contributed by atoms with Crippen molar-refractivity contribution in [3.05, 3.63) is 65.0 Å². The molecule has 0 aliphatic rings. The van der Waals surface area contributed by atoms with Crippen LogP contribution in [0.4, 0.5) is 5.13 Å². The fourth-order valence-electron chi connectivity index (χ4n) is 2.32. The van der Waals surface area contributed by atoms with E-state index in [1.54, 1.807) is 41.8 Å². The molecule has 0 saturated heterocycles. The van der Waals surface area contributed by atoms with E-state index in [0.717, 1.165) is 11.8 Å². The van der Waals surface area contributed by atoms with Crippen LogP contribution in [-0.2, 0) is 9.84 Å². The molecule has 0 fully saturated rings. The molecule has 0 unspecified atom stereocenters. The van der Waals surface area contributed by atoms with E-state index in [9.17, 15) is 13.2 Å². The minimum Gasteiger partial charge on any atom is -0.298 e. The van der Waals surface area contributed by atoms with Crippen molar-refractivity contribution in [3.63, 3.8) is 0 Å². The molecule has 1 aromatic heterocycles. The van der Waals surface area contributed by atoms with Gasteiger partial charge in [0.1, 0.15) is 0 Å². The number of carbonyl (C=O) groups excluding carboxylic acids is 1. The van der Waals surface area contributed by atoms with Gasteiger partial charge in [-0.1, -0.05) is 24.3 Å². The van der Waals surface area contributed by atoms with Gasteiger partial charge < -0.3 is 0 Å². The molecular formula is C18H13N3O3S2. The van der Waals surface area contributed by atoms with Gasteiger partial charge in [0.05, 0.1) is 27.8 Å². The van der Waals surface area contributed by atoms with Crippen molar-refractivity contribution in [2.24, 2.45) is 0 Å². The Labute approximate surface area is 154 Å². The summed E-state index contributed by atoms with van der Waals surface area (Å²) in [5.74, 6) is -0.535. The number of anilines is 1. The number of thiazole rings is 1. The quantitative estimate of drug-likeness (QED) is 0.745. The summed E-state index contributed by atoms with van der Waals surface area (Å²) >= 11 is 1.23. The van der Waals surface area contributed by atoms with Gasteiger partial charge in [-0.25, -0.2) is 13.4 Å². The molecule has 0 aliphatic heterocycles. The molecule has 0 atom stereocenters. The van der Waals surface area contributed by atoms with Crippen LogP contribution in [-0.4, -0.2) is 25.6 Å². The predicted molar refractivity (Wildman–Crippen MR) is 99.8 cm³/mol. The average Bonchev–Trinajstić information content (AvgIpc) is 3.09. The summed E-state index contributed by atoms with van der Waals surface area (Å²) in [4.78, 5) is 16.8. The second-order valence-corrected chi connectivity index (χ2v) is 8.29. The molecule has 3 aromatic rings. The zero-order chi connectivity index (χ0) is 18.7. The molecule has 1 N–H and O–H groups in total. The zero-order valence-electron chi connectivity index (χ0n) is 13.6. The van der Waals surface area contributed by atoms with E-state index in [2.05, 4.69) is 10.3 Å². The number of rotatable bonds is 4. The van der Waals surface area contributed by atoms with Crippen LogP contribution < -0.4 is 5.32 Å².